The smallest absolute Gasteiger partial charge is 0.294 e. The molecule has 0 saturated carbocycles. The fourth-order valence-corrected chi connectivity index (χ4v) is 3.16. The van der Waals surface area contributed by atoms with Gasteiger partial charge in [0, 0.05) is 0 Å². The van der Waals surface area contributed by atoms with Gasteiger partial charge in [-0.2, -0.15) is 0 Å². The van der Waals surface area contributed by atoms with Gasteiger partial charge < -0.3 is 4.74 Å². The summed E-state index contributed by atoms with van der Waals surface area (Å²) in [6.45, 7) is 3.89. The third-order valence-electron chi connectivity index (χ3n) is 2.74. The Morgan fingerprint density at radius 3 is 2.77 bits per heavy atom. The number of rotatable bonds is 4. The van der Waals surface area contributed by atoms with Crippen molar-refractivity contribution >= 4 is 44.9 Å². The molecule has 6 heteroatoms. The van der Waals surface area contributed by atoms with E-state index < -0.39 is 0 Å². The van der Waals surface area contributed by atoms with Crippen LogP contribution in [0.2, 0.25) is 0 Å². The molecule has 0 aromatic heterocycles. The Labute approximate surface area is 142 Å². The lowest BCUT2D eigenvalue weighted by Crippen LogP contribution is -2.28. The molecule has 1 saturated heterocycles. The summed E-state index contributed by atoms with van der Waals surface area (Å²) in [5.74, 6) is 2.68. The Bertz CT molecular complexity index is 691. The minimum Gasteiger partial charge on any atom is -0.490 e. The number of amides is 2. The van der Waals surface area contributed by atoms with Crippen molar-refractivity contribution < 1.29 is 14.3 Å². The van der Waals surface area contributed by atoms with Gasteiger partial charge in [0.1, 0.15) is 5.75 Å². The molecule has 0 radical (unpaired) electrons. The Hall–Kier alpha value is -1.71. The first-order chi connectivity index (χ1) is 10.4. The van der Waals surface area contributed by atoms with E-state index in [2.05, 4.69) is 21.9 Å². The molecule has 0 N–H and O–H groups in total. The predicted molar refractivity (Wildman–Crippen MR) is 91.4 cm³/mol. The summed E-state index contributed by atoms with van der Waals surface area (Å²) in [5, 5.41) is -0.340. The number of hydrogen-bond acceptors (Lipinski definition) is 4. The zero-order chi connectivity index (χ0) is 16.3. The molecular formula is C16H14BrNO3S. The van der Waals surface area contributed by atoms with Crippen molar-refractivity contribution in [2.45, 2.75) is 20.0 Å². The number of carbonyl (C=O) groups is 2. The molecule has 4 nitrogen and oxygen atoms in total. The topological polar surface area (TPSA) is 46.6 Å². The average molecular weight is 380 g/mol. The minimum absolute atomic E-state index is 0.00708. The van der Waals surface area contributed by atoms with E-state index in [1.807, 2.05) is 32.0 Å². The summed E-state index contributed by atoms with van der Waals surface area (Å²) in [7, 11) is 0. The summed E-state index contributed by atoms with van der Waals surface area (Å²) in [6.07, 6.45) is 6.91. The molecule has 1 aliphatic rings. The molecule has 0 atom stereocenters. The van der Waals surface area contributed by atoms with Crippen LogP contribution in [0.4, 0.5) is 4.79 Å². The van der Waals surface area contributed by atoms with Gasteiger partial charge >= 0.3 is 0 Å². The van der Waals surface area contributed by atoms with E-state index in [1.54, 1.807) is 6.08 Å². The van der Waals surface area contributed by atoms with E-state index in [-0.39, 0.29) is 23.8 Å². The molecule has 1 heterocycles. The van der Waals surface area contributed by atoms with E-state index in [0.29, 0.717) is 4.91 Å². The van der Waals surface area contributed by atoms with Crippen molar-refractivity contribution in [2.75, 3.05) is 6.54 Å². The number of hydrogen-bond donors (Lipinski definition) is 0. The molecule has 0 unspecified atom stereocenters. The van der Waals surface area contributed by atoms with E-state index in [1.165, 1.54) is 0 Å². The van der Waals surface area contributed by atoms with Gasteiger partial charge in [0.15, 0.2) is 0 Å². The highest BCUT2D eigenvalue weighted by molar-refractivity contribution is 9.10. The van der Waals surface area contributed by atoms with Crippen LogP contribution in [0.5, 0.6) is 5.75 Å². The SMILES string of the molecule is C#CCN1C(=O)SC(=Cc2ccc(OC(C)C)c(Br)c2)C1=O. The second-order valence-electron chi connectivity index (χ2n) is 4.83. The second kappa shape index (κ2) is 7.03. The van der Waals surface area contributed by atoms with Gasteiger partial charge in [0.25, 0.3) is 11.1 Å². The maximum Gasteiger partial charge on any atom is 0.294 e. The fraction of sp³-hybridized carbons (Fsp3) is 0.250. The van der Waals surface area contributed by atoms with Gasteiger partial charge in [-0.3, -0.25) is 14.5 Å². The van der Waals surface area contributed by atoms with Crippen LogP contribution in [0.3, 0.4) is 0 Å². The number of benzene rings is 1. The first kappa shape index (κ1) is 16.7. The molecule has 1 aromatic carbocycles. The second-order valence-corrected chi connectivity index (χ2v) is 6.68. The first-order valence-electron chi connectivity index (χ1n) is 6.57. The average Bonchev–Trinajstić information content (AvgIpc) is 2.70. The van der Waals surface area contributed by atoms with Gasteiger partial charge in [-0.15, -0.1) is 6.42 Å². The van der Waals surface area contributed by atoms with Crippen LogP contribution in [0.15, 0.2) is 27.6 Å². The zero-order valence-electron chi connectivity index (χ0n) is 12.1. The van der Waals surface area contributed by atoms with Crippen LogP contribution in [0.25, 0.3) is 6.08 Å². The molecule has 1 fully saturated rings. The van der Waals surface area contributed by atoms with E-state index in [0.717, 1.165) is 32.4 Å². The van der Waals surface area contributed by atoms with E-state index in [4.69, 9.17) is 11.2 Å². The Kier molecular flexibility index (Phi) is 5.33. The van der Waals surface area contributed by atoms with Gasteiger partial charge in [-0.05, 0) is 65.3 Å². The monoisotopic (exact) mass is 379 g/mol. The molecule has 0 spiro atoms. The highest BCUT2D eigenvalue weighted by Crippen LogP contribution is 2.33. The van der Waals surface area contributed by atoms with Crippen LogP contribution in [0, 0.1) is 12.3 Å². The van der Waals surface area contributed by atoms with Crippen LogP contribution in [0.1, 0.15) is 19.4 Å². The number of halogens is 1. The summed E-state index contributed by atoms with van der Waals surface area (Å²) < 4.78 is 6.42. The van der Waals surface area contributed by atoms with Crippen LogP contribution >= 0.6 is 27.7 Å². The van der Waals surface area contributed by atoms with Crippen molar-refractivity contribution in [1.29, 1.82) is 0 Å². The number of thioether (sulfide) groups is 1. The lowest BCUT2D eigenvalue weighted by atomic mass is 10.2. The number of ether oxygens (including phenoxy) is 1. The number of imide groups is 1. The van der Waals surface area contributed by atoms with E-state index in [9.17, 15) is 9.59 Å². The highest BCUT2D eigenvalue weighted by Gasteiger charge is 2.34. The standard InChI is InChI=1S/C16H14BrNO3S/c1-4-7-18-15(19)14(22-16(18)20)9-11-5-6-13(12(17)8-11)21-10(2)3/h1,5-6,8-10H,7H2,2-3H3. The molecule has 114 valence electrons. The molecule has 1 aromatic rings. The quantitative estimate of drug-likeness (QED) is 0.587. The summed E-state index contributed by atoms with van der Waals surface area (Å²) in [4.78, 5) is 25.2. The van der Waals surface area contributed by atoms with Crippen molar-refractivity contribution in [3.63, 3.8) is 0 Å². The lowest BCUT2D eigenvalue weighted by molar-refractivity contribution is -0.122. The molecule has 22 heavy (non-hydrogen) atoms. The van der Waals surface area contributed by atoms with Crippen molar-refractivity contribution in [1.82, 2.24) is 4.90 Å². The van der Waals surface area contributed by atoms with Crippen molar-refractivity contribution in [3.05, 3.63) is 33.1 Å². The summed E-state index contributed by atoms with van der Waals surface area (Å²) in [6, 6.07) is 5.49. The molecule has 2 amide bonds. The van der Waals surface area contributed by atoms with E-state index >= 15 is 0 Å². The Morgan fingerprint density at radius 2 is 2.18 bits per heavy atom. The van der Waals surface area contributed by atoms with Crippen molar-refractivity contribution in [2.24, 2.45) is 0 Å². The van der Waals surface area contributed by atoms with Crippen molar-refractivity contribution in [3.8, 4) is 18.1 Å². The third kappa shape index (κ3) is 3.73. The van der Waals surface area contributed by atoms with Gasteiger partial charge in [0.2, 0.25) is 0 Å². The number of carbonyl (C=O) groups excluding carboxylic acids is 2. The van der Waals surface area contributed by atoms with Crippen LogP contribution in [-0.4, -0.2) is 28.7 Å². The maximum absolute atomic E-state index is 12.1. The van der Waals surface area contributed by atoms with Gasteiger partial charge in [-0.25, -0.2) is 0 Å². The maximum atomic E-state index is 12.1. The van der Waals surface area contributed by atoms with Crippen LogP contribution in [-0.2, 0) is 4.79 Å². The molecule has 0 bridgehead atoms. The normalized spacial score (nSPS) is 16.5. The molecule has 2 rings (SSSR count). The predicted octanol–water partition coefficient (Wildman–Crippen LogP) is 3.91. The molecule has 1 aliphatic heterocycles. The molecular weight excluding hydrogens is 366 g/mol. The number of nitrogens with zero attached hydrogens (tertiary/aromatic N) is 1. The summed E-state index contributed by atoms with van der Waals surface area (Å²) in [5.41, 5.74) is 0.800. The lowest BCUT2D eigenvalue weighted by Gasteiger charge is -2.11. The highest BCUT2D eigenvalue weighted by atomic mass is 79.9. The number of terminal acetylenes is 1. The largest absolute Gasteiger partial charge is 0.490 e. The Morgan fingerprint density at radius 1 is 1.45 bits per heavy atom. The third-order valence-corrected chi connectivity index (χ3v) is 4.27. The first-order valence-corrected chi connectivity index (χ1v) is 8.18. The summed E-state index contributed by atoms with van der Waals surface area (Å²) >= 11 is 4.33. The fourth-order valence-electron chi connectivity index (χ4n) is 1.84. The zero-order valence-corrected chi connectivity index (χ0v) is 14.5. The van der Waals surface area contributed by atoms with Gasteiger partial charge in [-0.1, -0.05) is 12.0 Å². The van der Waals surface area contributed by atoms with Gasteiger partial charge in [0.05, 0.1) is 22.0 Å². The molecule has 0 aliphatic carbocycles. The van der Waals surface area contributed by atoms with Crippen LogP contribution < -0.4 is 4.74 Å². The minimum atomic E-state index is -0.355. The Balaban J connectivity index is 2.23.